The molecule has 94 valence electrons. The lowest BCUT2D eigenvalue weighted by molar-refractivity contribution is 0.475. The quantitative estimate of drug-likeness (QED) is 0.719. The number of hydrogen-bond acceptors (Lipinski definition) is 4. The first-order valence-corrected chi connectivity index (χ1v) is 6.34. The van der Waals surface area contributed by atoms with E-state index < -0.39 is 0 Å². The van der Waals surface area contributed by atoms with Crippen molar-refractivity contribution in [3.8, 4) is 17.1 Å². The van der Waals surface area contributed by atoms with Crippen molar-refractivity contribution in [2.45, 2.75) is 19.3 Å². The van der Waals surface area contributed by atoms with Crippen LogP contribution in [0.5, 0.6) is 5.75 Å². The largest absolute Gasteiger partial charge is 0.508 e. The molecule has 2 heterocycles. The zero-order valence-electron chi connectivity index (χ0n) is 10.2. The number of phenolic OH excluding ortho intramolecular Hbond substituents is 1. The van der Waals surface area contributed by atoms with E-state index in [1.807, 2.05) is 12.1 Å². The lowest BCUT2D eigenvalue weighted by Crippen LogP contribution is -1.96. The van der Waals surface area contributed by atoms with Gasteiger partial charge in [0.2, 0.25) is 0 Å². The fourth-order valence-electron chi connectivity index (χ4n) is 2.58. The van der Waals surface area contributed by atoms with Gasteiger partial charge in [-0.2, -0.15) is 0 Å². The van der Waals surface area contributed by atoms with Crippen molar-refractivity contribution in [1.82, 2.24) is 19.6 Å². The number of phenols is 1. The summed E-state index contributed by atoms with van der Waals surface area (Å²) in [6, 6.07) is 6.92. The van der Waals surface area contributed by atoms with Crippen LogP contribution in [-0.2, 0) is 12.8 Å². The monoisotopic (exact) mass is 252 g/mol. The molecule has 0 amide bonds. The second-order valence-electron chi connectivity index (χ2n) is 4.77. The molecule has 0 aliphatic heterocycles. The minimum atomic E-state index is 0.245. The van der Waals surface area contributed by atoms with E-state index >= 15 is 0 Å². The van der Waals surface area contributed by atoms with Gasteiger partial charge in [0.25, 0.3) is 0 Å². The van der Waals surface area contributed by atoms with Crippen molar-refractivity contribution in [2.75, 3.05) is 0 Å². The number of fused-ring (bicyclic) bond motifs is 3. The summed E-state index contributed by atoms with van der Waals surface area (Å²) < 4.78 is 1.74. The summed E-state index contributed by atoms with van der Waals surface area (Å²) in [6.45, 7) is 0. The third-order valence-corrected chi connectivity index (χ3v) is 3.54. The van der Waals surface area contributed by atoms with Gasteiger partial charge in [-0.05, 0) is 43.5 Å². The second kappa shape index (κ2) is 3.78. The summed E-state index contributed by atoms with van der Waals surface area (Å²) in [7, 11) is 0. The number of hydrogen-bond donors (Lipinski definition) is 1. The van der Waals surface area contributed by atoms with Gasteiger partial charge in [0.1, 0.15) is 12.1 Å². The highest BCUT2D eigenvalue weighted by Crippen LogP contribution is 2.25. The molecule has 5 heteroatoms. The van der Waals surface area contributed by atoms with Gasteiger partial charge in [0.15, 0.2) is 11.5 Å². The zero-order chi connectivity index (χ0) is 12.8. The van der Waals surface area contributed by atoms with Crippen LogP contribution >= 0.6 is 0 Å². The summed E-state index contributed by atoms with van der Waals surface area (Å²) in [5, 5.41) is 13.8. The van der Waals surface area contributed by atoms with Crippen LogP contribution in [0.25, 0.3) is 17.0 Å². The second-order valence-corrected chi connectivity index (χ2v) is 4.77. The predicted octanol–water partition coefficient (Wildman–Crippen LogP) is 1.99. The molecular formula is C14H12N4O. The number of rotatable bonds is 1. The molecule has 0 saturated carbocycles. The summed E-state index contributed by atoms with van der Waals surface area (Å²) in [5.41, 5.74) is 4.18. The molecule has 0 saturated heterocycles. The summed E-state index contributed by atoms with van der Waals surface area (Å²) in [6.07, 6.45) is 4.94. The van der Waals surface area contributed by atoms with Gasteiger partial charge < -0.3 is 5.11 Å². The third-order valence-electron chi connectivity index (χ3n) is 3.54. The molecule has 1 aliphatic carbocycles. The van der Waals surface area contributed by atoms with Gasteiger partial charge in [-0.3, -0.25) is 0 Å². The SMILES string of the molecule is Oc1ccc(-c2nc3c4c(ncn3n2)CCC4)cc1. The van der Waals surface area contributed by atoms with E-state index in [1.165, 1.54) is 5.56 Å². The Morgan fingerprint density at radius 1 is 1.11 bits per heavy atom. The van der Waals surface area contributed by atoms with Crippen LogP contribution in [0.1, 0.15) is 17.7 Å². The highest BCUT2D eigenvalue weighted by Gasteiger charge is 2.18. The first kappa shape index (κ1) is 10.5. The molecule has 5 nitrogen and oxygen atoms in total. The fraction of sp³-hybridized carbons (Fsp3) is 0.214. The molecule has 1 aliphatic rings. The average molecular weight is 252 g/mol. The Bertz CT molecular complexity index is 761. The van der Waals surface area contributed by atoms with E-state index in [9.17, 15) is 5.11 Å². The van der Waals surface area contributed by atoms with Crippen LogP contribution < -0.4 is 0 Å². The van der Waals surface area contributed by atoms with Crippen molar-refractivity contribution in [3.05, 3.63) is 41.9 Å². The van der Waals surface area contributed by atoms with Crippen molar-refractivity contribution < 1.29 is 5.11 Å². The average Bonchev–Trinajstić information content (AvgIpc) is 3.04. The van der Waals surface area contributed by atoms with Gasteiger partial charge in [0.05, 0.1) is 0 Å². The maximum Gasteiger partial charge on any atom is 0.182 e. The maximum atomic E-state index is 9.31. The normalized spacial score (nSPS) is 13.9. The minimum Gasteiger partial charge on any atom is -0.508 e. The Morgan fingerprint density at radius 3 is 2.79 bits per heavy atom. The molecule has 0 fully saturated rings. The van der Waals surface area contributed by atoms with E-state index in [4.69, 9.17) is 0 Å². The predicted molar refractivity (Wildman–Crippen MR) is 69.9 cm³/mol. The van der Waals surface area contributed by atoms with E-state index in [-0.39, 0.29) is 5.75 Å². The lowest BCUT2D eigenvalue weighted by atomic mass is 10.2. The van der Waals surface area contributed by atoms with Crippen molar-refractivity contribution in [2.24, 2.45) is 0 Å². The van der Waals surface area contributed by atoms with Crippen LogP contribution in [-0.4, -0.2) is 24.7 Å². The van der Waals surface area contributed by atoms with Crippen molar-refractivity contribution in [1.29, 1.82) is 0 Å². The molecule has 3 aromatic rings. The smallest absolute Gasteiger partial charge is 0.182 e. The van der Waals surface area contributed by atoms with Crippen LogP contribution in [0.3, 0.4) is 0 Å². The molecular weight excluding hydrogens is 240 g/mol. The molecule has 0 bridgehead atoms. The molecule has 0 spiro atoms. The Morgan fingerprint density at radius 2 is 1.95 bits per heavy atom. The molecule has 2 aromatic heterocycles. The Hall–Kier alpha value is -2.43. The number of aromatic nitrogens is 4. The Kier molecular flexibility index (Phi) is 2.09. The van der Waals surface area contributed by atoms with Crippen molar-refractivity contribution >= 4 is 5.65 Å². The number of benzene rings is 1. The highest BCUT2D eigenvalue weighted by atomic mass is 16.3. The molecule has 0 unspecified atom stereocenters. The molecule has 4 rings (SSSR count). The van der Waals surface area contributed by atoms with E-state index in [1.54, 1.807) is 23.0 Å². The molecule has 19 heavy (non-hydrogen) atoms. The van der Waals surface area contributed by atoms with Gasteiger partial charge in [0, 0.05) is 16.8 Å². The summed E-state index contributed by atoms with van der Waals surface area (Å²) >= 11 is 0. The van der Waals surface area contributed by atoms with E-state index in [0.717, 1.165) is 36.2 Å². The van der Waals surface area contributed by atoms with Gasteiger partial charge in [-0.1, -0.05) is 0 Å². The first-order chi connectivity index (χ1) is 9.31. The van der Waals surface area contributed by atoms with Crippen LogP contribution in [0.15, 0.2) is 30.6 Å². The summed E-state index contributed by atoms with van der Waals surface area (Å²) in [4.78, 5) is 9.04. The van der Waals surface area contributed by atoms with Crippen LogP contribution in [0, 0.1) is 0 Å². The maximum absolute atomic E-state index is 9.31. The third kappa shape index (κ3) is 1.58. The fourth-order valence-corrected chi connectivity index (χ4v) is 2.58. The first-order valence-electron chi connectivity index (χ1n) is 6.34. The van der Waals surface area contributed by atoms with E-state index in [2.05, 4.69) is 15.1 Å². The Balaban J connectivity index is 1.90. The lowest BCUT2D eigenvalue weighted by Gasteiger charge is -1.97. The number of aromatic hydroxyl groups is 1. The van der Waals surface area contributed by atoms with Gasteiger partial charge >= 0.3 is 0 Å². The van der Waals surface area contributed by atoms with Gasteiger partial charge in [-0.25, -0.2) is 14.5 Å². The topological polar surface area (TPSA) is 63.3 Å². The molecule has 0 atom stereocenters. The number of aryl methyl sites for hydroxylation is 2. The molecule has 1 N–H and O–H groups in total. The summed E-state index contributed by atoms with van der Waals surface area (Å²) in [5.74, 6) is 0.914. The zero-order valence-corrected chi connectivity index (χ0v) is 10.2. The number of nitrogens with zero attached hydrogens (tertiary/aromatic N) is 4. The van der Waals surface area contributed by atoms with Crippen LogP contribution in [0.4, 0.5) is 0 Å². The highest BCUT2D eigenvalue weighted by molar-refractivity contribution is 5.61. The molecule has 1 aromatic carbocycles. The minimum absolute atomic E-state index is 0.245. The Labute approximate surface area is 109 Å². The molecule has 0 radical (unpaired) electrons. The van der Waals surface area contributed by atoms with Crippen LogP contribution in [0.2, 0.25) is 0 Å². The standard InChI is InChI=1S/C14H12N4O/c19-10-6-4-9(5-7-10)13-16-14-11-2-1-3-12(11)15-8-18(14)17-13/h4-8,19H,1-3H2. The van der Waals surface area contributed by atoms with Gasteiger partial charge in [-0.15, -0.1) is 5.10 Å². The van der Waals surface area contributed by atoms with Crippen molar-refractivity contribution in [3.63, 3.8) is 0 Å². The van der Waals surface area contributed by atoms with E-state index in [0.29, 0.717) is 5.82 Å².